The lowest BCUT2D eigenvalue weighted by Crippen LogP contribution is -2.54. The van der Waals surface area contributed by atoms with Gasteiger partial charge in [0.05, 0.1) is 45.9 Å². The van der Waals surface area contributed by atoms with E-state index in [4.69, 9.17) is 0 Å². The summed E-state index contributed by atoms with van der Waals surface area (Å²) in [6.07, 6.45) is 7.36. The van der Waals surface area contributed by atoms with E-state index in [2.05, 4.69) is 75.7 Å². The molecule has 2 aromatic heterocycles. The number of nitrogens with one attached hydrogen (secondary N) is 1. The normalized spacial score (nSPS) is 24.4. The van der Waals surface area contributed by atoms with Gasteiger partial charge in [0.2, 0.25) is 0 Å². The minimum Gasteiger partial charge on any atom is -0.330 e. The Morgan fingerprint density at radius 1 is 0.971 bits per heavy atom. The number of carbonyl (C=O) groups is 1. The molecule has 35 heavy (non-hydrogen) atoms. The number of hydrogen-bond donors (Lipinski definition) is 1. The van der Waals surface area contributed by atoms with Gasteiger partial charge in [-0.05, 0) is 63.5 Å². The van der Waals surface area contributed by atoms with E-state index in [1.807, 2.05) is 17.6 Å². The Kier molecular flexibility index (Phi) is 5.30. The number of thiazole rings is 1. The van der Waals surface area contributed by atoms with Crippen LogP contribution in [0.15, 0.2) is 66.4 Å². The zero-order valence-corrected chi connectivity index (χ0v) is 20.8. The van der Waals surface area contributed by atoms with E-state index < -0.39 is 0 Å². The third kappa shape index (κ3) is 3.77. The SMILES string of the molecule is CN(C)C1(c2ccccc2)CCC2(CC1)CN(c1cnc(-c3ccc4ncsc4c3)nc1)C(=O)N2. The maximum Gasteiger partial charge on any atom is 0.322 e. The third-order valence-electron chi connectivity index (χ3n) is 7.82. The number of urea groups is 1. The summed E-state index contributed by atoms with van der Waals surface area (Å²) < 4.78 is 1.11. The van der Waals surface area contributed by atoms with Crippen LogP contribution < -0.4 is 10.2 Å². The Hall–Kier alpha value is -3.36. The summed E-state index contributed by atoms with van der Waals surface area (Å²) in [5.74, 6) is 0.648. The molecule has 1 N–H and O–H groups in total. The van der Waals surface area contributed by atoms with Crippen molar-refractivity contribution in [2.75, 3.05) is 25.5 Å². The van der Waals surface area contributed by atoms with E-state index in [0.29, 0.717) is 12.4 Å². The Bertz CT molecular complexity index is 1360. The number of carbonyl (C=O) groups excluding carboxylic acids is 1. The van der Waals surface area contributed by atoms with Crippen molar-refractivity contribution in [3.05, 3.63) is 72.0 Å². The topological polar surface area (TPSA) is 74.2 Å². The smallest absolute Gasteiger partial charge is 0.322 e. The Labute approximate surface area is 208 Å². The molecule has 6 rings (SSSR count). The number of aromatic nitrogens is 3. The molecule has 7 nitrogen and oxygen atoms in total. The van der Waals surface area contributed by atoms with Gasteiger partial charge in [0.1, 0.15) is 0 Å². The van der Waals surface area contributed by atoms with Crippen LogP contribution in [0.2, 0.25) is 0 Å². The van der Waals surface area contributed by atoms with Crippen LogP contribution in [0.1, 0.15) is 31.2 Å². The second-order valence-electron chi connectivity index (χ2n) is 9.89. The number of benzene rings is 2. The van der Waals surface area contributed by atoms with Gasteiger partial charge < -0.3 is 5.32 Å². The van der Waals surface area contributed by atoms with Gasteiger partial charge in [0, 0.05) is 11.1 Å². The predicted molar refractivity (Wildman–Crippen MR) is 140 cm³/mol. The molecule has 1 saturated heterocycles. The standard InChI is InChI=1S/C27H28N6OS/c1-32(2)27(20-6-4-3-5-7-20)12-10-26(11-13-27)17-33(25(34)31-26)21-15-28-24(29-16-21)19-8-9-22-23(14-19)35-18-30-22/h3-9,14-16,18H,10-13,17H2,1-2H3,(H,31,34). The van der Waals surface area contributed by atoms with Crippen LogP contribution in [0.4, 0.5) is 10.5 Å². The van der Waals surface area contributed by atoms with Gasteiger partial charge in [-0.25, -0.2) is 19.7 Å². The van der Waals surface area contributed by atoms with Crippen molar-refractivity contribution >= 4 is 33.3 Å². The molecular formula is C27H28N6OS. The molecule has 2 aromatic carbocycles. The highest BCUT2D eigenvalue weighted by Gasteiger charge is 2.50. The first-order valence-corrected chi connectivity index (χ1v) is 12.8. The average Bonchev–Trinajstić information content (AvgIpc) is 3.49. The molecular weight excluding hydrogens is 456 g/mol. The number of rotatable bonds is 4. The lowest BCUT2D eigenvalue weighted by atomic mass is 9.69. The molecule has 0 unspecified atom stereocenters. The monoisotopic (exact) mass is 484 g/mol. The summed E-state index contributed by atoms with van der Waals surface area (Å²) in [6.45, 7) is 0.639. The van der Waals surface area contributed by atoms with E-state index in [1.54, 1.807) is 28.6 Å². The molecule has 3 heterocycles. The first-order valence-electron chi connectivity index (χ1n) is 12.0. The van der Waals surface area contributed by atoms with Crippen LogP contribution in [0, 0.1) is 0 Å². The lowest BCUT2D eigenvalue weighted by Gasteiger charge is -2.48. The fraction of sp³-hybridized carbons (Fsp3) is 0.333. The zero-order chi connectivity index (χ0) is 24.0. The van der Waals surface area contributed by atoms with Crippen molar-refractivity contribution in [2.24, 2.45) is 0 Å². The van der Waals surface area contributed by atoms with Gasteiger partial charge in [0.25, 0.3) is 0 Å². The van der Waals surface area contributed by atoms with Crippen LogP contribution in [0.3, 0.4) is 0 Å². The highest BCUT2D eigenvalue weighted by atomic mass is 32.1. The molecule has 178 valence electrons. The largest absolute Gasteiger partial charge is 0.330 e. The molecule has 2 aliphatic rings. The quantitative estimate of drug-likeness (QED) is 0.439. The maximum atomic E-state index is 13.0. The first kappa shape index (κ1) is 22.1. The molecule has 2 fully saturated rings. The van der Waals surface area contributed by atoms with Crippen LogP contribution in [0.25, 0.3) is 21.6 Å². The Balaban J connectivity index is 1.20. The van der Waals surface area contributed by atoms with E-state index in [-0.39, 0.29) is 17.1 Å². The van der Waals surface area contributed by atoms with Gasteiger partial charge in [-0.3, -0.25) is 9.80 Å². The van der Waals surface area contributed by atoms with Crippen molar-refractivity contribution in [3.8, 4) is 11.4 Å². The molecule has 1 aliphatic carbocycles. The van der Waals surface area contributed by atoms with Crippen LogP contribution in [-0.4, -0.2) is 52.1 Å². The summed E-state index contributed by atoms with van der Waals surface area (Å²) in [7, 11) is 4.33. The van der Waals surface area contributed by atoms with Gasteiger partial charge >= 0.3 is 6.03 Å². The molecule has 1 spiro atoms. The fourth-order valence-electron chi connectivity index (χ4n) is 5.69. The zero-order valence-electron chi connectivity index (χ0n) is 19.9. The molecule has 4 aromatic rings. The predicted octanol–water partition coefficient (Wildman–Crippen LogP) is 5.05. The van der Waals surface area contributed by atoms with Crippen molar-refractivity contribution in [1.82, 2.24) is 25.2 Å². The summed E-state index contributed by atoms with van der Waals surface area (Å²) in [6, 6.07) is 16.7. The van der Waals surface area contributed by atoms with Crippen molar-refractivity contribution < 1.29 is 4.79 Å². The number of nitrogens with zero attached hydrogens (tertiary/aromatic N) is 5. The molecule has 1 saturated carbocycles. The first-order chi connectivity index (χ1) is 17.0. The summed E-state index contributed by atoms with van der Waals surface area (Å²) >= 11 is 1.60. The summed E-state index contributed by atoms with van der Waals surface area (Å²) in [5.41, 5.74) is 5.62. The molecule has 0 bridgehead atoms. The van der Waals surface area contributed by atoms with E-state index in [9.17, 15) is 4.79 Å². The second-order valence-corrected chi connectivity index (χ2v) is 10.8. The molecule has 0 atom stereocenters. The van der Waals surface area contributed by atoms with Gasteiger partial charge in [0.15, 0.2) is 5.82 Å². The van der Waals surface area contributed by atoms with Gasteiger partial charge in [-0.15, -0.1) is 11.3 Å². The van der Waals surface area contributed by atoms with E-state index in [1.165, 1.54) is 5.56 Å². The van der Waals surface area contributed by atoms with Crippen LogP contribution in [-0.2, 0) is 5.54 Å². The second kappa shape index (κ2) is 8.39. The van der Waals surface area contributed by atoms with Gasteiger partial charge in [-0.1, -0.05) is 30.3 Å². The number of anilines is 1. The number of amides is 2. The minimum atomic E-state index is -0.221. The number of hydrogen-bond acceptors (Lipinski definition) is 6. The highest BCUT2D eigenvalue weighted by molar-refractivity contribution is 7.16. The molecule has 2 amide bonds. The fourth-order valence-corrected chi connectivity index (χ4v) is 6.40. The minimum absolute atomic E-state index is 0.00535. The molecule has 0 radical (unpaired) electrons. The highest BCUT2D eigenvalue weighted by Crippen LogP contribution is 2.46. The van der Waals surface area contributed by atoms with Gasteiger partial charge in [-0.2, -0.15) is 0 Å². The average molecular weight is 485 g/mol. The summed E-state index contributed by atoms with van der Waals surface area (Å²) in [5, 5.41) is 3.32. The Morgan fingerprint density at radius 3 is 2.43 bits per heavy atom. The van der Waals surface area contributed by atoms with Crippen LogP contribution >= 0.6 is 11.3 Å². The summed E-state index contributed by atoms with van der Waals surface area (Å²) in [4.78, 5) is 30.7. The lowest BCUT2D eigenvalue weighted by molar-refractivity contribution is 0.0658. The van der Waals surface area contributed by atoms with Crippen LogP contribution in [0.5, 0.6) is 0 Å². The van der Waals surface area contributed by atoms with Crippen molar-refractivity contribution in [3.63, 3.8) is 0 Å². The van der Waals surface area contributed by atoms with Crippen molar-refractivity contribution in [1.29, 1.82) is 0 Å². The molecule has 1 aliphatic heterocycles. The number of fused-ring (bicyclic) bond motifs is 1. The van der Waals surface area contributed by atoms with Crippen molar-refractivity contribution in [2.45, 2.75) is 36.8 Å². The Morgan fingerprint density at radius 2 is 1.71 bits per heavy atom. The van der Waals surface area contributed by atoms with E-state index >= 15 is 0 Å². The molecule has 8 heteroatoms. The third-order valence-corrected chi connectivity index (χ3v) is 8.61. The van der Waals surface area contributed by atoms with E-state index in [0.717, 1.165) is 47.2 Å². The maximum absolute atomic E-state index is 13.0.